The number of nitrogens with one attached hydrogen (secondary N) is 1. The van der Waals surface area contributed by atoms with Gasteiger partial charge in [0.25, 0.3) is 0 Å². The van der Waals surface area contributed by atoms with Crippen molar-refractivity contribution in [2.45, 2.75) is 26.3 Å². The van der Waals surface area contributed by atoms with Gasteiger partial charge in [-0.25, -0.2) is 0 Å². The third-order valence-electron chi connectivity index (χ3n) is 3.88. The maximum atomic E-state index is 9.69. The Bertz CT molecular complexity index is 469. The number of aryl methyl sites for hydroxylation is 2. The Morgan fingerprint density at radius 2 is 1.94 bits per heavy atom. The second kappa shape index (κ2) is 5.09. The van der Waals surface area contributed by atoms with Gasteiger partial charge in [-0.3, -0.25) is 4.90 Å². The van der Waals surface area contributed by atoms with Crippen molar-refractivity contribution in [2.24, 2.45) is 0 Å². The molecule has 1 aliphatic rings. The van der Waals surface area contributed by atoms with E-state index in [1.54, 1.807) is 0 Å². The fourth-order valence-electron chi connectivity index (χ4n) is 2.67. The molecule has 1 aliphatic heterocycles. The highest BCUT2D eigenvalue weighted by molar-refractivity contribution is 5.40. The van der Waals surface area contributed by atoms with Crippen LogP contribution in [-0.2, 0) is 5.54 Å². The molecule has 1 fully saturated rings. The van der Waals surface area contributed by atoms with Crippen molar-refractivity contribution in [3.05, 3.63) is 34.9 Å². The van der Waals surface area contributed by atoms with Crippen molar-refractivity contribution in [1.82, 2.24) is 10.2 Å². The molecule has 1 aromatic rings. The van der Waals surface area contributed by atoms with Gasteiger partial charge in [0.2, 0.25) is 0 Å². The molecule has 0 bridgehead atoms. The molecule has 1 aromatic carbocycles. The predicted molar refractivity (Wildman–Crippen MR) is 73.3 cm³/mol. The molecule has 0 radical (unpaired) electrons. The topological polar surface area (TPSA) is 39.1 Å². The standard InChI is InChI=1S/C15H21N3/c1-12-4-5-13(2)14(10-12)15(3,11-16)18-8-6-17-7-9-18/h4-5,10,17H,6-9H2,1-3H3. The zero-order valence-electron chi connectivity index (χ0n) is 11.5. The van der Waals surface area contributed by atoms with E-state index in [1.165, 1.54) is 11.1 Å². The highest BCUT2D eigenvalue weighted by Crippen LogP contribution is 2.31. The lowest BCUT2D eigenvalue weighted by molar-refractivity contribution is 0.132. The van der Waals surface area contributed by atoms with Crippen molar-refractivity contribution >= 4 is 0 Å². The van der Waals surface area contributed by atoms with Gasteiger partial charge in [-0.15, -0.1) is 0 Å². The van der Waals surface area contributed by atoms with Gasteiger partial charge >= 0.3 is 0 Å². The average molecular weight is 243 g/mol. The third kappa shape index (κ3) is 2.27. The normalized spacial score (nSPS) is 20.1. The van der Waals surface area contributed by atoms with Crippen LogP contribution in [0.15, 0.2) is 18.2 Å². The summed E-state index contributed by atoms with van der Waals surface area (Å²) in [5, 5.41) is 13.0. The van der Waals surface area contributed by atoms with Crippen LogP contribution in [-0.4, -0.2) is 31.1 Å². The van der Waals surface area contributed by atoms with E-state index in [0.29, 0.717) is 0 Å². The van der Waals surface area contributed by atoms with Crippen molar-refractivity contribution in [3.63, 3.8) is 0 Å². The van der Waals surface area contributed by atoms with E-state index in [4.69, 9.17) is 0 Å². The zero-order valence-corrected chi connectivity index (χ0v) is 11.5. The van der Waals surface area contributed by atoms with E-state index in [2.05, 4.69) is 48.3 Å². The summed E-state index contributed by atoms with van der Waals surface area (Å²) in [6.45, 7) is 9.99. The fourth-order valence-corrected chi connectivity index (χ4v) is 2.67. The molecule has 1 atom stereocenters. The Kier molecular flexibility index (Phi) is 3.70. The molecule has 0 aromatic heterocycles. The smallest absolute Gasteiger partial charge is 0.132 e. The summed E-state index contributed by atoms with van der Waals surface area (Å²) in [6, 6.07) is 8.90. The number of piperazine rings is 1. The van der Waals surface area contributed by atoms with E-state index in [9.17, 15) is 5.26 Å². The first-order valence-electron chi connectivity index (χ1n) is 6.52. The van der Waals surface area contributed by atoms with Crippen LogP contribution in [0.25, 0.3) is 0 Å². The number of hydrogen-bond acceptors (Lipinski definition) is 3. The van der Waals surface area contributed by atoms with Crippen molar-refractivity contribution < 1.29 is 0 Å². The maximum Gasteiger partial charge on any atom is 0.132 e. The summed E-state index contributed by atoms with van der Waals surface area (Å²) < 4.78 is 0. The van der Waals surface area contributed by atoms with Crippen LogP contribution in [0.1, 0.15) is 23.6 Å². The average Bonchev–Trinajstić information content (AvgIpc) is 2.41. The number of nitrogens with zero attached hydrogens (tertiary/aromatic N) is 2. The SMILES string of the molecule is Cc1ccc(C)c(C(C)(C#N)N2CCNCC2)c1. The first-order valence-corrected chi connectivity index (χ1v) is 6.52. The van der Waals surface area contributed by atoms with E-state index in [-0.39, 0.29) is 0 Å². The van der Waals surface area contributed by atoms with Gasteiger partial charge in [-0.2, -0.15) is 5.26 Å². The van der Waals surface area contributed by atoms with E-state index >= 15 is 0 Å². The Balaban J connectivity index is 2.42. The monoisotopic (exact) mass is 243 g/mol. The molecule has 96 valence electrons. The van der Waals surface area contributed by atoms with Crippen LogP contribution in [0, 0.1) is 25.2 Å². The molecule has 0 amide bonds. The lowest BCUT2D eigenvalue weighted by Gasteiger charge is -2.39. The Morgan fingerprint density at radius 1 is 1.28 bits per heavy atom. The predicted octanol–water partition coefficient (Wildman–Crippen LogP) is 1.95. The van der Waals surface area contributed by atoms with E-state index in [1.807, 2.05) is 6.92 Å². The molecule has 3 heteroatoms. The minimum atomic E-state index is -0.516. The highest BCUT2D eigenvalue weighted by atomic mass is 15.2. The van der Waals surface area contributed by atoms with Gasteiger partial charge in [0.05, 0.1) is 6.07 Å². The minimum absolute atomic E-state index is 0.516. The summed E-state index contributed by atoms with van der Waals surface area (Å²) in [4.78, 5) is 2.28. The van der Waals surface area contributed by atoms with Crippen LogP contribution in [0.3, 0.4) is 0 Å². The quantitative estimate of drug-likeness (QED) is 0.863. The van der Waals surface area contributed by atoms with Gasteiger partial charge in [0.1, 0.15) is 5.54 Å². The molecule has 3 nitrogen and oxygen atoms in total. The van der Waals surface area contributed by atoms with Crippen LogP contribution >= 0.6 is 0 Å². The van der Waals surface area contributed by atoms with Gasteiger partial charge < -0.3 is 5.32 Å². The summed E-state index contributed by atoms with van der Waals surface area (Å²) in [5.74, 6) is 0. The molecule has 2 rings (SSSR count). The Labute approximate surface area is 109 Å². The molecule has 0 saturated carbocycles. The summed E-state index contributed by atoms with van der Waals surface area (Å²) >= 11 is 0. The number of nitriles is 1. The van der Waals surface area contributed by atoms with Crippen LogP contribution in [0.4, 0.5) is 0 Å². The highest BCUT2D eigenvalue weighted by Gasteiger charge is 2.35. The first-order chi connectivity index (χ1) is 8.58. The minimum Gasteiger partial charge on any atom is -0.314 e. The lowest BCUT2D eigenvalue weighted by atomic mass is 9.86. The van der Waals surface area contributed by atoms with Crippen molar-refractivity contribution in [1.29, 1.82) is 5.26 Å². The summed E-state index contributed by atoms with van der Waals surface area (Å²) in [5.41, 5.74) is 3.04. The number of benzene rings is 1. The van der Waals surface area contributed by atoms with Crippen molar-refractivity contribution in [2.75, 3.05) is 26.2 Å². The van der Waals surface area contributed by atoms with Crippen LogP contribution in [0.2, 0.25) is 0 Å². The van der Waals surface area contributed by atoms with Gasteiger partial charge in [0, 0.05) is 26.2 Å². The van der Waals surface area contributed by atoms with Crippen LogP contribution in [0.5, 0.6) is 0 Å². The van der Waals surface area contributed by atoms with Crippen molar-refractivity contribution in [3.8, 4) is 6.07 Å². The second-order valence-corrected chi connectivity index (χ2v) is 5.24. The molecule has 1 unspecified atom stereocenters. The van der Waals surface area contributed by atoms with Gasteiger partial charge in [-0.05, 0) is 31.9 Å². The molecule has 1 heterocycles. The number of hydrogen-bond donors (Lipinski definition) is 1. The lowest BCUT2D eigenvalue weighted by Crippen LogP contribution is -2.52. The number of rotatable bonds is 2. The van der Waals surface area contributed by atoms with Gasteiger partial charge in [0.15, 0.2) is 0 Å². The van der Waals surface area contributed by atoms with Gasteiger partial charge in [-0.1, -0.05) is 23.8 Å². The molecule has 1 N–H and O–H groups in total. The third-order valence-corrected chi connectivity index (χ3v) is 3.88. The molecule has 0 aliphatic carbocycles. The summed E-state index contributed by atoms with van der Waals surface area (Å²) in [6.07, 6.45) is 0. The van der Waals surface area contributed by atoms with E-state index in [0.717, 1.165) is 31.7 Å². The van der Waals surface area contributed by atoms with E-state index < -0.39 is 5.54 Å². The molecule has 0 spiro atoms. The Morgan fingerprint density at radius 3 is 2.56 bits per heavy atom. The summed E-state index contributed by atoms with van der Waals surface area (Å²) in [7, 11) is 0. The van der Waals surface area contributed by atoms with Crippen LogP contribution < -0.4 is 5.32 Å². The molecular weight excluding hydrogens is 222 g/mol. The maximum absolute atomic E-state index is 9.69. The largest absolute Gasteiger partial charge is 0.314 e. The molecule has 18 heavy (non-hydrogen) atoms. The molecular formula is C15H21N3. The molecule has 1 saturated heterocycles. The Hall–Kier alpha value is -1.37. The first kappa shape index (κ1) is 13.1. The fraction of sp³-hybridized carbons (Fsp3) is 0.533. The second-order valence-electron chi connectivity index (χ2n) is 5.24. The zero-order chi connectivity index (χ0) is 13.2.